The van der Waals surface area contributed by atoms with Crippen LogP contribution in [0.3, 0.4) is 0 Å². The zero-order valence-electron chi connectivity index (χ0n) is 7.59. The van der Waals surface area contributed by atoms with Gasteiger partial charge in [0, 0.05) is 0 Å². The van der Waals surface area contributed by atoms with Crippen LogP contribution in [-0.2, 0) is 0 Å². The molecule has 0 saturated carbocycles. The Morgan fingerprint density at radius 2 is 0.867 bits per heavy atom. The molecule has 2 nitrogen and oxygen atoms in total. The second kappa shape index (κ2) is 6.51. The minimum absolute atomic E-state index is 0. The molecular weight excluding hydrogens is 199 g/mol. The van der Waals surface area contributed by atoms with Crippen LogP contribution in [0.5, 0.6) is 11.5 Å². The summed E-state index contributed by atoms with van der Waals surface area (Å²) < 4.78 is 0. The van der Waals surface area contributed by atoms with Gasteiger partial charge in [-0.05, 0) is 24.3 Å². The Balaban J connectivity index is 0.00000112. The van der Waals surface area contributed by atoms with E-state index in [-0.39, 0.29) is 29.6 Å². The molecule has 0 fully saturated rings. The quantitative estimate of drug-likeness (QED) is 0.440. The van der Waals surface area contributed by atoms with Gasteiger partial charge >= 0.3 is 29.6 Å². The van der Waals surface area contributed by atoms with Gasteiger partial charge in [0.2, 0.25) is 0 Å². The number of hydrogen-bond donors (Lipinski definition) is 0. The van der Waals surface area contributed by atoms with E-state index in [1.54, 1.807) is 0 Å². The molecule has 0 radical (unpaired) electrons. The number of hydrogen-bond acceptors (Lipinski definition) is 2. The molecule has 0 saturated heterocycles. The van der Waals surface area contributed by atoms with Crippen molar-refractivity contribution in [1.29, 1.82) is 0 Å². The van der Waals surface area contributed by atoms with Crippen molar-refractivity contribution in [2.24, 2.45) is 0 Å². The van der Waals surface area contributed by atoms with Crippen molar-refractivity contribution in [2.75, 3.05) is 0 Å². The molecule has 72 valence electrons. The zero-order chi connectivity index (χ0) is 9.64. The van der Waals surface area contributed by atoms with Crippen molar-refractivity contribution in [3.63, 3.8) is 0 Å². The summed E-state index contributed by atoms with van der Waals surface area (Å²) in [5.74, 6) is 1.38. The third-order valence-electron chi connectivity index (χ3n) is 1.72. The maximum absolute atomic E-state index is 5.09. The van der Waals surface area contributed by atoms with Crippen LogP contribution in [0.25, 0.3) is 0 Å². The number of para-hydroxylation sites is 2. The minimum atomic E-state index is 0. The molecule has 2 aromatic carbocycles. The van der Waals surface area contributed by atoms with E-state index in [0.717, 1.165) is 0 Å². The fraction of sp³-hybridized carbons (Fsp3) is 0. The van der Waals surface area contributed by atoms with Crippen molar-refractivity contribution in [3.8, 4) is 11.5 Å². The number of benzene rings is 2. The predicted octanol–water partition coefficient (Wildman–Crippen LogP) is 2.41. The Bertz CT molecular complexity index is 336. The topological polar surface area (TPSA) is 18.5 Å². The second-order valence-electron chi connectivity index (χ2n) is 2.79. The van der Waals surface area contributed by atoms with Crippen LogP contribution < -0.4 is 9.78 Å². The van der Waals surface area contributed by atoms with Crippen LogP contribution >= 0.6 is 0 Å². The smallest absolute Gasteiger partial charge is 0.178 e. The largest absolute Gasteiger partial charge is 0.290 e. The summed E-state index contributed by atoms with van der Waals surface area (Å²) >= 11 is 0. The van der Waals surface area contributed by atoms with Crippen LogP contribution in [0.1, 0.15) is 0 Å². The molecule has 3 heteroatoms. The van der Waals surface area contributed by atoms with Gasteiger partial charge in [-0.25, -0.2) is 0 Å². The SMILES string of the molecule is [NaH].c1ccc(OOc2ccccc2)cc1. The summed E-state index contributed by atoms with van der Waals surface area (Å²) in [6, 6.07) is 18.8. The Hall–Kier alpha value is -0.960. The monoisotopic (exact) mass is 210 g/mol. The molecule has 0 bridgehead atoms. The Labute approximate surface area is 111 Å². The molecule has 0 unspecified atom stereocenters. The van der Waals surface area contributed by atoms with Crippen molar-refractivity contribution < 1.29 is 9.78 Å². The molecule has 0 amide bonds. The van der Waals surface area contributed by atoms with Crippen molar-refractivity contribution in [3.05, 3.63) is 60.7 Å². The van der Waals surface area contributed by atoms with Gasteiger partial charge in [0.1, 0.15) is 0 Å². The Morgan fingerprint density at radius 3 is 1.20 bits per heavy atom. The first-order chi connectivity index (χ1) is 6.95. The molecule has 15 heavy (non-hydrogen) atoms. The van der Waals surface area contributed by atoms with Gasteiger partial charge in [-0.1, -0.05) is 36.4 Å². The van der Waals surface area contributed by atoms with Crippen molar-refractivity contribution in [1.82, 2.24) is 0 Å². The van der Waals surface area contributed by atoms with Crippen LogP contribution in [-0.4, -0.2) is 29.6 Å². The number of rotatable bonds is 3. The summed E-state index contributed by atoms with van der Waals surface area (Å²) in [6.45, 7) is 0. The van der Waals surface area contributed by atoms with Gasteiger partial charge in [0.25, 0.3) is 0 Å². The summed E-state index contributed by atoms with van der Waals surface area (Å²) in [4.78, 5) is 10.2. The first kappa shape index (κ1) is 12.1. The van der Waals surface area contributed by atoms with E-state index in [1.807, 2.05) is 60.7 Å². The van der Waals surface area contributed by atoms with E-state index < -0.39 is 0 Å². The van der Waals surface area contributed by atoms with E-state index in [2.05, 4.69) is 0 Å². The molecule has 0 N–H and O–H groups in total. The Morgan fingerprint density at radius 1 is 0.533 bits per heavy atom. The van der Waals surface area contributed by atoms with E-state index in [9.17, 15) is 0 Å². The van der Waals surface area contributed by atoms with E-state index >= 15 is 0 Å². The molecule has 0 aliphatic heterocycles. The molecule has 0 heterocycles. The van der Waals surface area contributed by atoms with E-state index in [1.165, 1.54) is 0 Å². The zero-order valence-corrected chi connectivity index (χ0v) is 7.59. The minimum Gasteiger partial charge on any atom is -0.290 e. The predicted molar refractivity (Wildman–Crippen MR) is 61.3 cm³/mol. The summed E-state index contributed by atoms with van der Waals surface area (Å²) in [5.41, 5.74) is 0. The van der Waals surface area contributed by atoms with Gasteiger partial charge in [0.15, 0.2) is 11.5 Å². The van der Waals surface area contributed by atoms with Gasteiger partial charge in [0.05, 0.1) is 0 Å². The van der Waals surface area contributed by atoms with E-state index in [0.29, 0.717) is 11.5 Å². The van der Waals surface area contributed by atoms with Crippen LogP contribution in [0.4, 0.5) is 0 Å². The average molecular weight is 210 g/mol. The molecule has 2 aromatic rings. The fourth-order valence-electron chi connectivity index (χ4n) is 1.05. The molecule has 0 aromatic heterocycles. The molecular formula is C12H11NaO2. The maximum Gasteiger partial charge on any atom is 0.178 e. The average Bonchev–Trinajstić information content (AvgIpc) is 2.29. The standard InChI is InChI=1S/C12H10O2.Na.H/c1-3-7-11(8-4-1)13-14-12-9-5-2-6-10-12;;/h1-10H;;. The molecule has 0 spiro atoms. The maximum atomic E-state index is 5.09. The summed E-state index contributed by atoms with van der Waals surface area (Å²) in [5, 5.41) is 0. The first-order valence-corrected chi connectivity index (χ1v) is 4.40. The van der Waals surface area contributed by atoms with Gasteiger partial charge in [-0.15, -0.1) is 0 Å². The third-order valence-corrected chi connectivity index (χ3v) is 1.72. The first-order valence-electron chi connectivity index (χ1n) is 4.40. The summed E-state index contributed by atoms with van der Waals surface area (Å²) in [6.07, 6.45) is 0. The molecule has 0 atom stereocenters. The third kappa shape index (κ3) is 3.96. The molecule has 0 aliphatic carbocycles. The summed E-state index contributed by atoms with van der Waals surface area (Å²) in [7, 11) is 0. The Kier molecular flexibility index (Phi) is 5.26. The van der Waals surface area contributed by atoms with Crippen LogP contribution in [0, 0.1) is 0 Å². The van der Waals surface area contributed by atoms with Crippen LogP contribution in [0.15, 0.2) is 60.7 Å². The molecule has 0 aliphatic rings. The van der Waals surface area contributed by atoms with Gasteiger partial charge in [-0.2, -0.15) is 0 Å². The molecule has 2 rings (SSSR count). The van der Waals surface area contributed by atoms with Gasteiger partial charge in [-0.3, -0.25) is 9.78 Å². The van der Waals surface area contributed by atoms with Crippen molar-refractivity contribution >= 4 is 29.6 Å². The van der Waals surface area contributed by atoms with E-state index in [4.69, 9.17) is 9.78 Å². The van der Waals surface area contributed by atoms with Crippen LogP contribution in [0.2, 0.25) is 0 Å². The fourth-order valence-corrected chi connectivity index (χ4v) is 1.05. The second-order valence-corrected chi connectivity index (χ2v) is 2.79. The van der Waals surface area contributed by atoms with Gasteiger partial charge < -0.3 is 0 Å². The van der Waals surface area contributed by atoms with Crippen molar-refractivity contribution in [2.45, 2.75) is 0 Å². The normalized spacial score (nSPS) is 8.80.